The van der Waals surface area contributed by atoms with Crippen LogP contribution in [0.15, 0.2) is 18.2 Å². The molecule has 96 valence electrons. The molecule has 0 bridgehead atoms. The summed E-state index contributed by atoms with van der Waals surface area (Å²) < 4.78 is 26.6. The molecule has 1 nitrogen and oxygen atoms in total. The van der Waals surface area contributed by atoms with Crippen molar-refractivity contribution in [2.45, 2.75) is 38.1 Å². The van der Waals surface area contributed by atoms with Gasteiger partial charge in [-0.25, -0.2) is 8.78 Å². The van der Waals surface area contributed by atoms with E-state index in [0.29, 0.717) is 11.5 Å². The summed E-state index contributed by atoms with van der Waals surface area (Å²) in [6.45, 7) is 0. The maximum absolute atomic E-state index is 13.5. The summed E-state index contributed by atoms with van der Waals surface area (Å²) in [7, 11) is 0. The Kier molecular flexibility index (Phi) is 5.34. The zero-order valence-corrected chi connectivity index (χ0v) is 10.5. The third kappa shape index (κ3) is 3.39. The molecule has 1 aromatic carbocycles. The van der Waals surface area contributed by atoms with Crippen molar-refractivity contribution in [1.29, 1.82) is 0 Å². The van der Waals surface area contributed by atoms with E-state index in [1.54, 1.807) is 0 Å². The molecule has 4 heteroatoms. The van der Waals surface area contributed by atoms with Crippen molar-refractivity contribution in [3.8, 4) is 0 Å². The van der Waals surface area contributed by atoms with E-state index >= 15 is 0 Å². The molecule has 0 amide bonds. The zero-order valence-electron chi connectivity index (χ0n) is 9.66. The van der Waals surface area contributed by atoms with Crippen LogP contribution in [0.2, 0.25) is 0 Å². The third-order valence-electron chi connectivity index (χ3n) is 3.47. The molecule has 0 unspecified atom stereocenters. The van der Waals surface area contributed by atoms with E-state index in [9.17, 15) is 8.78 Å². The van der Waals surface area contributed by atoms with Crippen molar-refractivity contribution in [1.82, 2.24) is 0 Å². The van der Waals surface area contributed by atoms with Crippen molar-refractivity contribution in [3.63, 3.8) is 0 Å². The first-order valence-electron chi connectivity index (χ1n) is 5.89. The van der Waals surface area contributed by atoms with E-state index < -0.39 is 5.82 Å². The summed E-state index contributed by atoms with van der Waals surface area (Å²) in [6, 6.07) is 3.16. The van der Waals surface area contributed by atoms with Crippen LogP contribution in [0.1, 0.15) is 43.7 Å². The van der Waals surface area contributed by atoms with Crippen LogP contribution in [0.4, 0.5) is 8.78 Å². The quantitative estimate of drug-likeness (QED) is 0.857. The van der Waals surface area contributed by atoms with Gasteiger partial charge in [0.15, 0.2) is 0 Å². The lowest BCUT2D eigenvalue weighted by Gasteiger charge is -2.27. The summed E-state index contributed by atoms with van der Waals surface area (Å²) >= 11 is 0. The Balaban J connectivity index is 0.00000144. The fourth-order valence-electron chi connectivity index (χ4n) is 2.52. The van der Waals surface area contributed by atoms with Crippen LogP contribution in [0.25, 0.3) is 0 Å². The van der Waals surface area contributed by atoms with E-state index in [-0.39, 0.29) is 24.3 Å². The standard InChI is InChI=1S/C13H17F2N.ClH/c14-10-6-7-12(15)11(8-10)13(16)9-4-2-1-3-5-9;/h6-9,13H,1-5,16H2;1H/t13-;/m1./s1. The van der Waals surface area contributed by atoms with E-state index in [1.807, 2.05) is 0 Å². The Hall–Kier alpha value is -0.670. The Morgan fingerprint density at radius 1 is 1.12 bits per heavy atom. The Morgan fingerprint density at radius 2 is 1.76 bits per heavy atom. The lowest BCUT2D eigenvalue weighted by molar-refractivity contribution is 0.303. The normalized spacial score (nSPS) is 18.5. The van der Waals surface area contributed by atoms with Gasteiger partial charge in [0.2, 0.25) is 0 Å². The van der Waals surface area contributed by atoms with Gasteiger partial charge in [0.1, 0.15) is 11.6 Å². The fraction of sp³-hybridized carbons (Fsp3) is 0.538. The average molecular weight is 262 g/mol. The summed E-state index contributed by atoms with van der Waals surface area (Å²) in [5.41, 5.74) is 6.36. The number of nitrogens with two attached hydrogens (primary N) is 1. The fourth-order valence-corrected chi connectivity index (χ4v) is 2.52. The molecule has 2 rings (SSSR count). The SMILES string of the molecule is Cl.N[C@@H](c1cc(F)ccc1F)C1CCCCC1. The minimum Gasteiger partial charge on any atom is -0.324 e. The number of rotatable bonds is 2. The Morgan fingerprint density at radius 3 is 2.41 bits per heavy atom. The van der Waals surface area contributed by atoms with Crippen LogP contribution in [-0.4, -0.2) is 0 Å². The van der Waals surface area contributed by atoms with Gasteiger partial charge >= 0.3 is 0 Å². The van der Waals surface area contributed by atoms with Crippen LogP contribution in [-0.2, 0) is 0 Å². The highest BCUT2D eigenvalue weighted by molar-refractivity contribution is 5.85. The first kappa shape index (κ1) is 14.4. The van der Waals surface area contributed by atoms with E-state index in [4.69, 9.17) is 5.73 Å². The van der Waals surface area contributed by atoms with Crippen molar-refractivity contribution < 1.29 is 8.78 Å². The molecule has 1 aliphatic carbocycles. The molecule has 1 aromatic rings. The highest BCUT2D eigenvalue weighted by atomic mass is 35.5. The van der Waals surface area contributed by atoms with Crippen LogP contribution in [0.5, 0.6) is 0 Å². The van der Waals surface area contributed by atoms with Gasteiger partial charge in [-0.3, -0.25) is 0 Å². The molecule has 17 heavy (non-hydrogen) atoms. The molecule has 1 saturated carbocycles. The molecule has 0 aromatic heterocycles. The number of benzene rings is 1. The van der Waals surface area contributed by atoms with Crippen molar-refractivity contribution in [3.05, 3.63) is 35.4 Å². The minimum atomic E-state index is -0.414. The smallest absolute Gasteiger partial charge is 0.128 e. The molecule has 0 saturated heterocycles. The van der Waals surface area contributed by atoms with Gasteiger partial charge in [-0.05, 0) is 37.0 Å². The maximum Gasteiger partial charge on any atom is 0.128 e. The van der Waals surface area contributed by atoms with Gasteiger partial charge in [0, 0.05) is 11.6 Å². The zero-order chi connectivity index (χ0) is 11.5. The second-order valence-electron chi connectivity index (χ2n) is 4.59. The maximum atomic E-state index is 13.5. The second-order valence-corrected chi connectivity index (χ2v) is 4.59. The summed E-state index contributed by atoms with van der Waals surface area (Å²) in [5, 5.41) is 0. The summed E-state index contributed by atoms with van der Waals surface area (Å²) in [6.07, 6.45) is 5.58. The van der Waals surface area contributed by atoms with E-state index in [2.05, 4.69) is 0 Å². The monoisotopic (exact) mass is 261 g/mol. The summed E-state index contributed by atoms with van der Waals surface area (Å²) in [4.78, 5) is 0. The molecule has 2 N–H and O–H groups in total. The first-order chi connectivity index (χ1) is 7.68. The van der Waals surface area contributed by atoms with Crippen LogP contribution < -0.4 is 5.73 Å². The van der Waals surface area contributed by atoms with Crippen LogP contribution in [0, 0.1) is 17.6 Å². The predicted octanol–water partition coefficient (Wildman–Crippen LogP) is 3.97. The molecule has 0 spiro atoms. The average Bonchev–Trinajstić information content (AvgIpc) is 2.32. The van der Waals surface area contributed by atoms with Gasteiger partial charge < -0.3 is 5.73 Å². The molecule has 0 radical (unpaired) electrons. The number of hydrogen-bond donors (Lipinski definition) is 1. The Bertz CT molecular complexity index is 364. The minimum absolute atomic E-state index is 0. The Labute approximate surface area is 107 Å². The highest BCUT2D eigenvalue weighted by Crippen LogP contribution is 2.33. The van der Waals surface area contributed by atoms with E-state index in [1.165, 1.54) is 12.5 Å². The molecule has 0 aliphatic heterocycles. The van der Waals surface area contributed by atoms with Crippen molar-refractivity contribution in [2.75, 3.05) is 0 Å². The molecular weight excluding hydrogens is 244 g/mol. The van der Waals surface area contributed by atoms with Crippen LogP contribution >= 0.6 is 12.4 Å². The van der Waals surface area contributed by atoms with Crippen LogP contribution in [0.3, 0.4) is 0 Å². The van der Waals surface area contributed by atoms with Crippen molar-refractivity contribution >= 4 is 12.4 Å². The largest absolute Gasteiger partial charge is 0.324 e. The van der Waals surface area contributed by atoms with Gasteiger partial charge in [0.25, 0.3) is 0 Å². The third-order valence-corrected chi connectivity index (χ3v) is 3.47. The number of halogens is 3. The lowest BCUT2D eigenvalue weighted by Crippen LogP contribution is -2.24. The van der Waals surface area contributed by atoms with Gasteiger partial charge in [-0.1, -0.05) is 19.3 Å². The highest BCUT2D eigenvalue weighted by Gasteiger charge is 2.24. The summed E-state index contributed by atoms with van der Waals surface area (Å²) in [5.74, 6) is -0.507. The van der Waals surface area contributed by atoms with E-state index in [0.717, 1.165) is 37.8 Å². The molecule has 1 aliphatic rings. The molecule has 1 atom stereocenters. The van der Waals surface area contributed by atoms with Gasteiger partial charge in [-0.2, -0.15) is 0 Å². The van der Waals surface area contributed by atoms with Gasteiger partial charge in [-0.15, -0.1) is 12.4 Å². The number of hydrogen-bond acceptors (Lipinski definition) is 1. The first-order valence-corrected chi connectivity index (χ1v) is 5.89. The lowest BCUT2D eigenvalue weighted by atomic mass is 9.81. The predicted molar refractivity (Wildman–Crippen MR) is 67.1 cm³/mol. The topological polar surface area (TPSA) is 26.0 Å². The van der Waals surface area contributed by atoms with Crippen molar-refractivity contribution in [2.24, 2.45) is 11.7 Å². The second kappa shape index (κ2) is 6.31. The van der Waals surface area contributed by atoms with Gasteiger partial charge in [0.05, 0.1) is 0 Å². The molecule has 1 fully saturated rings. The molecular formula is C13H18ClF2N. The molecule has 0 heterocycles.